The number of esters is 1. The predicted octanol–water partition coefficient (Wildman–Crippen LogP) is 5.60. The van der Waals surface area contributed by atoms with Crippen LogP contribution in [0.1, 0.15) is 61.7 Å². The van der Waals surface area contributed by atoms with E-state index >= 15 is 0 Å². The summed E-state index contributed by atoms with van der Waals surface area (Å²) >= 11 is 3.44. The van der Waals surface area contributed by atoms with Gasteiger partial charge in [0.25, 0.3) is 0 Å². The average molecular weight is 389 g/mol. The normalized spacial score (nSPS) is 42.6. The number of ether oxygens (including phenoxy) is 1. The van der Waals surface area contributed by atoms with E-state index in [4.69, 9.17) is 4.74 Å². The van der Waals surface area contributed by atoms with E-state index < -0.39 is 0 Å². The second-order valence-electron chi connectivity index (χ2n) is 8.61. The van der Waals surface area contributed by atoms with E-state index in [-0.39, 0.29) is 11.6 Å². The van der Waals surface area contributed by atoms with Gasteiger partial charge in [0.15, 0.2) is 0 Å². The fraction of sp³-hybridized carbons (Fsp3) is 0.667. The molecule has 0 amide bonds. The number of hydrogen-bond donors (Lipinski definition) is 0. The number of fused-ring (bicyclic) bond motifs is 5. The SMILES string of the molecule is O=C(O[C@@]12CCC3CCC(C4CCC1C4)C2C3)c1ccc(Br)cc1. The topological polar surface area (TPSA) is 26.3 Å². The molecule has 6 atom stereocenters. The van der Waals surface area contributed by atoms with E-state index in [9.17, 15) is 4.79 Å². The van der Waals surface area contributed by atoms with Crippen LogP contribution >= 0.6 is 15.9 Å². The molecule has 24 heavy (non-hydrogen) atoms. The van der Waals surface area contributed by atoms with E-state index in [2.05, 4.69) is 15.9 Å². The number of carbonyl (C=O) groups is 1. The lowest BCUT2D eigenvalue weighted by atomic mass is 9.51. The van der Waals surface area contributed by atoms with E-state index in [1.54, 1.807) is 0 Å². The van der Waals surface area contributed by atoms with Crippen molar-refractivity contribution in [2.75, 3.05) is 0 Å². The first kappa shape index (κ1) is 15.4. The molecule has 0 saturated heterocycles. The van der Waals surface area contributed by atoms with Crippen LogP contribution in [0.3, 0.4) is 0 Å². The van der Waals surface area contributed by atoms with Gasteiger partial charge in [-0.2, -0.15) is 0 Å². The highest BCUT2D eigenvalue weighted by Crippen LogP contribution is 2.64. The minimum absolute atomic E-state index is 0.101. The maximum Gasteiger partial charge on any atom is 0.338 e. The van der Waals surface area contributed by atoms with Gasteiger partial charge in [0.2, 0.25) is 0 Å². The second-order valence-corrected chi connectivity index (χ2v) is 9.53. The van der Waals surface area contributed by atoms with Gasteiger partial charge in [0.1, 0.15) is 5.60 Å². The molecule has 4 aliphatic carbocycles. The van der Waals surface area contributed by atoms with Crippen molar-refractivity contribution in [2.24, 2.45) is 29.6 Å². The van der Waals surface area contributed by atoms with E-state index in [1.807, 2.05) is 24.3 Å². The summed E-state index contributed by atoms with van der Waals surface area (Å²) in [6, 6.07) is 7.63. The third kappa shape index (κ3) is 2.23. The molecular weight excluding hydrogens is 364 g/mol. The van der Waals surface area contributed by atoms with Gasteiger partial charge in [-0.15, -0.1) is 0 Å². The molecule has 0 radical (unpaired) electrons. The van der Waals surface area contributed by atoms with Gasteiger partial charge in [-0.1, -0.05) is 22.4 Å². The number of carbonyl (C=O) groups excluding carboxylic acids is 1. The third-order valence-electron chi connectivity index (χ3n) is 7.72. The molecule has 2 nitrogen and oxygen atoms in total. The van der Waals surface area contributed by atoms with Gasteiger partial charge in [0, 0.05) is 10.4 Å². The quantitative estimate of drug-likeness (QED) is 0.616. The van der Waals surface area contributed by atoms with Crippen LogP contribution in [-0.2, 0) is 4.74 Å². The first-order valence-electron chi connectivity index (χ1n) is 9.64. The molecule has 5 unspecified atom stereocenters. The molecule has 0 heterocycles. The Morgan fingerprint density at radius 3 is 2.71 bits per heavy atom. The Labute approximate surface area is 152 Å². The molecule has 4 aliphatic rings. The Morgan fingerprint density at radius 1 is 1.04 bits per heavy atom. The Bertz CT molecular complexity index is 654. The summed E-state index contributed by atoms with van der Waals surface area (Å²) in [4.78, 5) is 12.9. The van der Waals surface area contributed by atoms with E-state index in [1.165, 1.54) is 44.9 Å². The zero-order chi connectivity index (χ0) is 16.3. The molecule has 0 aromatic heterocycles. The summed E-state index contributed by atoms with van der Waals surface area (Å²) < 4.78 is 7.44. The first-order valence-corrected chi connectivity index (χ1v) is 10.4. The highest BCUT2D eigenvalue weighted by atomic mass is 79.9. The van der Waals surface area contributed by atoms with Crippen LogP contribution in [0.5, 0.6) is 0 Å². The van der Waals surface area contributed by atoms with E-state index in [0.29, 0.717) is 17.4 Å². The maximum absolute atomic E-state index is 12.9. The summed E-state index contributed by atoms with van der Waals surface area (Å²) in [5, 5.41) is 0. The zero-order valence-corrected chi connectivity index (χ0v) is 15.6. The highest BCUT2D eigenvalue weighted by Gasteiger charge is 2.62. The van der Waals surface area contributed by atoms with Gasteiger partial charge >= 0.3 is 5.97 Å². The predicted molar refractivity (Wildman–Crippen MR) is 96.7 cm³/mol. The lowest BCUT2D eigenvalue weighted by molar-refractivity contribution is -0.167. The molecule has 3 heteroatoms. The molecule has 5 rings (SSSR count). The highest BCUT2D eigenvalue weighted by molar-refractivity contribution is 9.10. The van der Waals surface area contributed by atoms with Crippen LogP contribution in [0.4, 0.5) is 0 Å². The fourth-order valence-corrected chi connectivity index (χ4v) is 6.93. The monoisotopic (exact) mass is 388 g/mol. The van der Waals surface area contributed by atoms with Crippen molar-refractivity contribution in [3.63, 3.8) is 0 Å². The molecule has 0 N–H and O–H groups in total. The zero-order valence-electron chi connectivity index (χ0n) is 14.0. The Hall–Kier alpha value is -0.830. The van der Waals surface area contributed by atoms with Gasteiger partial charge in [-0.25, -0.2) is 4.79 Å². The maximum atomic E-state index is 12.9. The summed E-state index contributed by atoms with van der Waals surface area (Å²) in [5.41, 5.74) is 0.542. The lowest BCUT2D eigenvalue weighted by Crippen LogP contribution is -2.58. The largest absolute Gasteiger partial charge is 0.455 e. The Balaban J connectivity index is 1.47. The summed E-state index contributed by atoms with van der Waals surface area (Å²) in [5.74, 6) is 3.77. The van der Waals surface area contributed by atoms with Crippen LogP contribution in [-0.4, -0.2) is 11.6 Å². The summed E-state index contributed by atoms with van der Waals surface area (Å²) in [6.07, 6.45) is 10.4. The minimum Gasteiger partial charge on any atom is -0.455 e. The summed E-state index contributed by atoms with van der Waals surface area (Å²) in [6.45, 7) is 0. The molecular formula is C21H25BrO2. The summed E-state index contributed by atoms with van der Waals surface area (Å²) in [7, 11) is 0. The molecule has 4 bridgehead atoms. The number of hydrogen-bond acceptors (Lipinski definition) is 2. The van der Waals surface area contributed by atoms with Gasteiger partial charge < -0.3 is 4.74 Å². The van der Waals surface area contributed by atoms with Crippen LogP contribution in [0.2, 0.25) is 0 Å². The van der Waals surface area contributed by atoms with Gasteiger partial charge in [-0.3, -0.25) is 0 Å². The van der Waals surface area contributed by atoms with Crippen molar-refractivity contribution < 1.29 is 9.53 Å². The molecule has 4 saturated carbocycles. The standard InChI is InChI=1S/C21H25BrO2/c22-17-6-3-14(4-7-17)20(23)24-21-10-9-13-1-8-18(19(21)11-13)15-2-5-16(21)12-15/h3-4,6-7,13,15-16,18-19H,1-2,5,8-12H2/t13?,15?,16?,18?,19?,21-/m0/s1. The smallest absolute Gasteiger partial charge is 0.338 e. The molecule has 1 aromatic rings. The van der Waals surface area contributed by atoms with Crippen molar-refractivity contribution in [3.05, 3.63) is 34.3 Å². The minimum atomic E-state index is -0.154. The van der Waals surface area contributed by atoms with E-state index in [0.717, 1.165) is 28.6 Å². The number of rotatable bonds is 2. The molecule has 4 fully saturated rings. The van der Waals surface area contributed by atoms with Crippen LogP contribution < -0.4 is 0 Å². The molecule has 0 aliphatic heterocycles. The van der Waals surface area contributed by atoms with Crippen molar-refractivity contribution in [1.82, 2.24) is 0 Å². The second kappa shape index (κ2) is 5.59. The molecule has 128 valence electrons. The van der Waals surface area contributed by atoms with Crippen molar-refractivity contribution >= 4 is 21.9 Å². The Morgan fingerprint density at radius 2 is 1.88 bits per heavy atom. The lowest BCUT2D eigenvalue weighted by Gasteiger charge is -2.58. The van der Waals surface area contributed by atoms with Crippen LogP contribution in [0.25, 0.3) is 0 Å². The average Bonchev–Trinajstić information content (AvgIpc) is 3.04. The van der Waals surface area contributed by atoms with Crippen molar-refractivity contribution in [1.29, 1.82) is 0 Å². The van der Waals surface area contributed by atoms with Gasteiger partial charge in [-0.05, 0) is 92.9 Å². The third-order valence-corrected chi connectivity index (χ3v) is 8.24. The number of halogens is 1. The van der Waals surface area contributed by atoms with Crippen molar-refractivity contribution in [2.45, 2.75) is 57.0 Å². The fourth-order valence-electron chi connectivity index (χ4n) is 6.67. The molecule has 0 spiro atoms. The van der Waals surface area contributed by atoms with Gasteiger partial charge in [0.05, 0.1) is 5.56 Å². The van der Waals surface area contributed by atoms with Crippen LogP contribution in [0.15, 0.2) is 28.7 Å². The Kier molecular flexibility index (Phi) is 3.59. The number of benzene rings is 1. The van der Waals surface area contributed by atoms with Crippen molar-refractivity contribution in [3.8, 4) is 0 Å². The molecule has 1 aromatic carbocycles. The van der Waals surface area contributed by atoms with Crippen LogP contribution in [0, 0.1) is 29.6 Å². The first-order chi connectivity index (χ1) is 11.7.